The standard InChI is InChI=1S/C27H31FN8O2/c1-18-25(19-13-30-34(2)15-19)33-36(20-7-5-4-6-8-20)26(18)32-27(37)31-24-17-35(11-12-38-3)16-22(24)21-9-10-29-14-23(21)28/h4-10,13-15,22,24H,11-12,16-17H2,1-3H3,(H2,31,32,37)/t22-,24+/m0/s1. The predicted molar refractivity (Wildman–Crippen MR) is 142 cm³/mol. The smallest absolute Gasteiger partial charge is 0.320 e. The van der Waals surface area contributed by atoms with E-state index in [1.165, 1.54) is 6.20 Å². The van der Waals surface area contributed by atoms with Crippen molar-refractivity contribution in [1.29, 1.82) is 0 Å². The lowest BCUT2D eigenvalue weighted by molar-refractivity contribution is 0.159. The minimum absolute atomic E-state index is 0.230. The van der Waals surface area contributed by atoms with E-state index in [1.807, 2.05) is 50.5 Å². The van der Waals surface area contributed by atoms with E-state index in [4.69, 9.17) is 9.84 Å². The molecule has 0 radical (unpaired) electrons. The first kappa shape index (κ1) is 25.6. The molecule has 3 aromatic heterocycles. The summed E-state index contributed by atoms with van der Waals surface area (Å²) in [4.78, 5) is 19.5. The van der Waals surface area contributed by atoms with E-state index in [0.717, 1.165) is 22.5 Å². The van der Waals surface area contributed by atoms with Gasteiger partial charge in [0, 0.05) is 63.2 Å². The average Bonchev–Trinajstić information content (AvgIpc) is 3.61. The summed E-state index contributed by atoms with van der Waals surface area (Å²) in [6.45, 7) is 4.33. The van der Waals surface area contributed by atoms with E-state index in [-0.39, 0.29) is 23.8 Å². The van der Waals surface area contributed by atoms with E-state index in [9.17, 15) is 9.18 Å². The number of amides is 2. The number of nitrogens with one attached hydrogen (secondary N) is 2. The van der Waals surface area contributed by atoms with Gasteiger partial charge in [0.2, 0.25) is 0 Å². The van der Waals surface area contributed by atoms with Gasteiger partial charge in [-0.25, -0.2) is 13.9 Å². The second kappa shape index (κ2) is 11.1. The lowest BCUT2D eigenvalue weighted by atomic mass is 9.95. The number of methoxy groups -OCH3 is 1. The number of aryl methyl sites for hydroxylation is 1. The van der Waals surface area contributed by atoms with Gasteiger partial charge in [0.25, 0.3) is 0 Å². The van der Waals surface area contributed by atoms with E-state index in [0.29, 0.717) is 37.6 Å². The van der Waals surface area contributed by atoms with Crippen molar-refractivity contribution in [2.75, 3.05) is 38.7 Å². The molecule has 0 aliphatic carbocycles. The highest BCUT2D eigenvalue weighted by molar-refractivity contribution is 5.91. The van der Waals surface area contributed by atoms with Crippen molar-refractivity contribution in [3.05, 3.63) is 78.1 Å². The molecule has 1 aliphatic rings. The van der Waals surface area contributed by atoms with Gasteiger partial charge in [0.1, 0.15) is 17.3 Å². The SMILES string of the molecule is COCCN1C[C@@H](NC(=O)Nc2c(C)c(-c3cnn(C)c3)nn2-c2ccccc2)[C@H](c2ccncc2F)C1. The van der Waals surface area contributed by atoms with Crippen molar-refractivity contribution in [3.63, 3.8) is 0 Å². The number of halogens is 1. The summed E-state index contributed by atoms with van der Waals surface area (Å²) in [6, 6.07) is 10.6. The van der Waals surface area contributed by atoms with Crippen LogP contribution in [0.4, 0.5) is 15.0 Å². The van der Waals surface area contributed by atoms with Gasteiger partial charge < -0.3 is 10.1 Å². The summed E-state index contributed by atoms with van der Waals surface area (Å²) in [7, 11) is 3.50. The molecule has 2 amide bonds. The molecule has 4 heterocycles. The van der Waals surface area contributed by atoms with Gasteiger partial charge in [-0.1, -0.05) is 18.2 Å². The number of benzene rings is 1. The lowest BCUT2D eigenvalue weighted by Gasteiger charge is -2.21. The van der Waals surface area contributed by atoms with Crippen LogP contribution in [0.2, 0.25) is 0 Å². The fourth-order valence-corrected chi connectivity index (χ4v) is 4.96. The molecule has 2 atom stereocenters. The molecule has 0 saturated carbocycles. The average molecular weight is 519 g/mol. The molecule has 11 heteroatoms. The number of para-hydroxylation sites is 1. The molecule has 5 rings (SSSR count). The fourth-order valence-electron chi connectivity index (χ4n) is 4.96. The Bertz CT molecular complexity index is 1400. The highest BCUT2D eigenvalue weighted by Crippen LogP contribution is 2.31. The van der Waals surface area contributed by atoms with Crippen molar-refractivity contribution < 1.29 is 13.9 Å². The largest absolute Gasteiger partial charge is 0.383 e. The highest BCUT2D eigenvalue weighted by Gasteiger charge is 2.36. The molecule has 0 bridgehead atoms. The lowest BCUT2D eigenvalue weighted by Crippen LogP contribution is -2.42. The number of pyridine rings is 1. The second-order valence-corrected chi connectivity index (χ2v) is 9.43. The molecular formula is C27H31FN8O2. The van der Waals surface area contributed by atoms with Crippen LogP contribution in [0.15, 0.2) is 61.2 Å². The third kappa shape index (κ3) is 5.29. The Morgan fingerprint density at radius 2 is 2.00 bits per heavy atom. The van der Waals surface area contributed by atoms with E-state index < -0.39 is 0 Å². The Hall–Kier alpha value is -4.09. The molecule has 1 saturated heterocycles. The number of rotatable bonds is 8. The number of nitrogens with zero attached hydrogens (tertiary/aromatic N) is 6. The molecule has 4 aromatic rings. The van der Waals surface area contributed by atoms with Crippen molar-refractivity contribution in [1.82, 2.24) is 34.8 Å². The predicted octanol–water partition coefficient (Wildman–Crippen LogP) is 3.35. The maximum Gasteiger partial charge on any atom is 0.320 e. The third-order valence-electron chi connectivity index (χ3n) is 6.86. The normalized spacial score (nSPS) is 17.6. The first-order valence-corrected chi connectivity index (χ1v) is 12.5. The molecule has 0 unspecified atom stereocenters. The number of carbonyl (C=O) groups excluding carboxylic acids is 1. The summed E-state index contributed by atoms with van der Waals surface area (Å²) in [5.41, 5.74) is 3.72. The number of hydrogen-bond donors (Lipinski definition) is 2. The Labute approximate surface area is 220 Å². The number of hydrogen-bond acceptors (Lipinski definition) is 6. The zero-order chi connectivity index (χ0) is 26.6. The van der Waals surface area contributed by atoms with Crippen LogP contribution in [-0.2, 0) is 11.8 Å². The van der Waals surface area contributed by atoms with Gasteiger partial charge >= 0.3 is 6.03 Å². The van der Waals surface area contributed by atoms with Crippen molar-refractivity contribution in [2.45, 2.75) is 18.9 Å². The topological polar surface area (TPSA) is 102 Å². The van der Waals surface area contributed by atoms with Crippen LogP contribution >= 0.6 is 0 Å². The minimum atomic E-state index is -0.388. The monoisotopic (exact) mass is 518 g/mol. The van der Waals surface area contributed by atoms with Crippen molar-refractivity contribution in [2.24, 2.45) is 7.05 Å². The van der Waals surface area contributed by atoms with Crippen molar-refractivity contribution >= 4 is 11.8 Å². The first-order valence-electron chi connectivity index (χ1n) is 12.5. The molecule has 10 nitrogen and oxygen atoms in total. The summed E-state index contributed by atoms with van der Waals surface area (Å²) >= 11 is 0. The second-order valence-electron chi connectivity index (χ2n) is 9.43. The number of aromatic nitrogens is 5. The van der Waals surface area contributed by atoms with Crippen LogP contribution < -0.4 is 10.6 Å². The van der Waals surface area contributed by atoms with Gasteiger partial charge in [-0.15, -0.1) is 0 Å². The molecule has 1 fully saturated rings. The van der Waals surface area contributed by atoms with Crippen LogP contribution in [0.3, 0.4) is 0 Å². The van der Waals surface area contributed by atoms with E-state index >= 15 is 0 Å². The quantitative estimate of drug-likeness (QED) is 0.371. The van der Waals surface area contributed by atoms with E-state index in [2.05, 4.69) is 25.6 Å². The first-order chi connectivity index (χ1) is 18.4. The number of ether oxygens (including phenoxy) is 1. The van der Waals surface area contributed by atoms with Crippen molar-refractivity contribution in [3.8, 4) is 16.9 Å². The third-order valence-corrected chi connectivity index (χ3v) is 6.86. The minimum Gasteiger partial charge on any atom is -0.383 e. The molecule has 198 valence electrons. The summed E-state index contributed by atoms with van der Waals surface area (Å²) < 4.78 is 23.3. The Balaban J connectivity index is 1.42. The van der Waals surface area contributed by atoms with Gasteiger partial charge in [-0.05, 0) is 30.7 Å². The van der Waals surface area contributed by atoms with Crippen LogP contribution in [0, 0.1) is 12.7 Å². The highest BCUT2D eigenvalue weighted by atomic mass is 19.1. The van der Waals surface area contributed by atoms with Crippen LogP contribution in [-0.4, -0.2) is 74.9 Å². The molecule has 38 heavy (non-hydrogen) atoms. The molecule has 0 spiro atoms. The molecule has 1 aromatic carbocycles. The molecular weight excluding hydrogens is 487 g/mol. The fraction of sp³-hybridized carbons (Fsp3) is 0.333. The maximum absolute atomic E-state index is 14.7. The number of anilines is 1. The summed E-state index contributed by atoms with van der Waals surface area (Å²) in [6.07, 6.45) is 6.42. The zero-order valence-corrected chi connectivity index (χ0v) is 21.6. The zero-order valence-electron chi connectivity index (χ0n) is 21.6. The van der Waals surface area contributed by atoms with Crippen LogP contribution in [0.5, 0.6) is 0 Å². The summed E-state index contributed by atoms with van der Waals surface area (Å²) in [5.74, 6) is -0.0578. The molecule has 1 aliphatic heterocycles. The number of urea groups is 1. The summed E-state index contributed by atoms with van der Waals surface area (Å²) in [5, 5.41) is 15.2. The number of carbonyl (C=O) groups is 1. The number of likely N-dealkylation sites (tertiary alicyclic amines) is 1. The Morgan fingerprint density at radius 3 is 2.71 bits per heavy atom. The Kier molecular flexibility index (Phi) is 7.47. The Morgan fingerprint density at radius 1 is 1.18 bits per heavy atom. The van der Waals surface area contributed by atoms with Gasteiger partial charge in [0.15, 0.2) is 0 Å². The van der Waals surface area contributed by atoms with Crippen LogP contribution in [0.25, 0.3) is 16.9 Å². The van der Waals surface area contributed by atoms with Gasteiger partial charge in [0.05, 0.1) is 30.7 Å². The molecule has 2 N–H and O–H groups in total. The van der Waals surface area contributed by atoms with Gasteiger partial charge in [-0.2, -0.15) is 10.2 Å². The van der Waals surface area contributed by atoms with E-state index in [1.54, 1.807) is 34.9 Å². The van der Waals surface area contributed by atoms with Gasteiger partial charge in [-0.3, -0.25) is 19.9 Å². The maximum atomic E-state index is 14.7. The van der Waals surface area contributed by atoms with Crippen LogP contribution in [0.1, 0.15) is 17.0 Å².